The Kier molecular flexibility index (Phi) is 3.05. The lowest BCUT2D eigenvalue weighted by Crippen LogP contribution is -2.43. The zero-order valence-corrected chi connectivity index (χ0v) is 9.18. The minimum Gasteiger partial charge on any atom is -0.465 e. The van der Waals surface area contributed by atoms with Crippen LogP contribution in [0.15, 0.2) is 18.2 Å². The van der Waals surface area contributed by atoms with Crippen molar-refractivity contribution in [1.82, 2.24) is 10.6 Å². The Balaban J connectivity index is 2.35. The summed E-state index contributed by atoms with van der Waals surface area (Å²) in [5.41, 5.74) is 0.811. The van der Waals surface area contributed by atoms with Crippen LogP contribution < -0.4 is 10.6 Å². The van der Waals surface area contributed by atoms with E-state index in [0.29, 0.717) is 5.56 Å². The fourth-order valence-electron chi connectivity index (χ4n) is 2.26. The molecule has 2 atom stereocenters. The van der Waals surface area contributed by atoms with Gasteiger partial charge in [-0.05, 0) is 18.1 Å². The molecule has 0 saturated carbocycles. The first-order chi connectivity index (χ1) is 8.49. The molecule has 0 unspecified atom stereocenters. The number of amides is 2. The highest BCUT2D eigenvalue weighted by atomic mass is 19.1. The minimum absolute atomic E-state index is 0.207. The van der Waals surface area contributed by atoms with E-state index in [2.05, 4.69) is 10.6 Å². The summed E-state index contributed by atoms with van der Waals surface area (Å²) in [6.07, 6.45) is -2.34. The molecule has 96 valence electrons. The minimum atomic E-state index is -1.33. The van der Waals surface area contributed by atoms with Gasteiger partial charge in [-0.15, -0.1) is 0 Å². The molecule has 1 aromatic rings. The van der Waals surface area contributed by atoms with E-state index in [1.807, 2.05) is 0 Å². The fraction of sp³-hybridized carbons (Fsp3) is 0.273. The summed E-state index contributed by atoms with van der Waals surface area (Å²) >= 11 is 0. The van der Waals surface area contributed by atoms with Crippen molar-refractivity contribution < 1.29 is 24.2 Å². The molecule has 18 heavy (non-hydrogen) atoms. The maximum Gasteiger partial charge on any atom is 0.405 e. The molecule has 4 N–H and O–H groups in total. The fourth-order valence-corrected chi connectivity index (χ4v) is 2.26. The molecule has 0 heterocycles. The summed E-state index contributed by atoms with van der Waals surface area (Å²) in [5.74, 6) is -0.541. The number of carbonyl (C=O) groups is 2. The number of nitrogens with one attached hydrogen (secondary N) is 2. The summed E-state index contributed by atoms with van der Waals surface area (Å²) in [7, 11) is 0. The highest BCUT2D eigenvalue weighted by molar-refractivity contribution is 5.68. The summed E-state index contributed by atoms with van der Waals surface area (Å²) in [5, 5.41) is 21.8. The average molecular weight is 254 g/mol. The molecule has 0 aliphatic heterocycles. The molecule has 0 bridgehead atoms. The van der Waals surface area contributed by atoms with Gasteiger partial charge in [0.1, 0.15) is 5.82 Å². The van der Waals surface area contributed by atoms with Crippen LogP contribution in [0.2, 0.25) is 0 Å². The Hall–Kier alpha value is -2.31. The normalized spacial score (nSPS) is 21.2. The van der Waals surface area contributed by atoms with Crippen molar-refractivity contribution in [3.8, 4) is 0 Å². The Bertz CT molecular complexity index is 506. The predicted octanol–water partition coefficient (Wildman–Crippen LogP) is 1.33. The van der Waals surface area contributed by atoms with Crippen molar-refractivity contribution in [3.63, 3.8) is 0 Å². The number of carboxylic acid groups (broad SMARTS) is 2. The van der Waals surface area contributed by atoms with Crippen LogP contribution in [0.5, 0.6) is 0 Å². The van der Waals surface area contributed by atoms with Crippen LogP contribution in [-0.2, 0) is 6.42 Å². The van der Waals surface area contributed by atoms with Crippen molar-refractivity contribution in [2.24, 2.45) is 0 Å². The second-order valence-corrected chi connectivity index (χ2v) is 4.00. The Labute approximate surface area is 101 Å². The summed E-state index contributed by atoms with van der Waals surface area (Å²) in [6.45, 7) is 0. The van der Waals surface area contributed by atoms with Crippen LogP contribution >= 0.6 is 0 Å². The van der Waals surface area contributed by atoms with Gasteiger partial charge in [0.25, 0.3) is 0 Å². The molecular weight excluding hydrogens is 243 g/mol. The quantitative estimate of drug-likeness (QED) is 0.639. The number of hydrogen-bond donors (Lipinski definition) is 4. The van der Waals surface area contributed by atoms with Gasteiger partial charge in [0.2, 0.25) is 0 Å². The molecule has 1 aliphatic carbocycles. The Morgan fingerprint density at radius 3 is 2.50 bits per heavy atom. The highest BCUT2D eigenvalue weighted by Crippen LogP contribution is 2.33. The molecule has 1 aromatic carbocycles. The van der Waals surface area contributed by atoms with Gasteiger partial charge in [0.05, 0.1) is 12.1 Å². The van der Waals surface area contributed by atoms with Crippen LogP contribution in [0, 0.1) is 5.82 Å². The summed E-state index contributed by atoms with van der Waals surface area (Å²) < 4.78 is 13.7. The van der Waals surface area contributed by atoms with E-state index in [1.54, 1.807) is 6.07 Å². The number of halogens is 1. The van der Waals surface area contributed by atoms with Gasteiger partial charge >= 0.3 is 12.2 Å². The van der Waals surface area contributed by atoms with Crippen molar-refractivity contribution in [1.29, 1.82) is 0 Å². The van der Waals surface area contributed by atoms with Crippen molar-refractivity contribution >= 4 is 12.2 Å². The van der Waals surface area contributed by atoms with Gasteiger partial charge in [0.15, 0.2) is 0 Å². The molecule has 0 fully saturated rings. The first-order valence-corrected chi connectivity index (χ1v) is 5.25. The third-order valence-electron chi connectivity index (χ3n) is 2.88. The van der Waals surface area contributed by atoms with Gasteiger partial charge in [-0.3, -0.25) is 0 Å². The third-order valence-corrected chi connectivity index (χ3v) is 2.88. The lowest BCUT2D eigenvalue weighted by molar-refractivity contribution is 0.177. The predicted molar refractivity (Wildman–Crippen MR) is 59.0 cm³/mol. The van der Waals surface area contributed by atoms with E-state index in [9.17, 15) is 14.0 Å². The summed E-state index contributed by atoms with van der Waals surface area (Å²) in [6, 6.07) is 2.77. The number of benzene rings is 1. The van der Waals surface area contributed by atoms with Crippen LogP contribution in [-0.4, -0.2) is 28.4 Å². The maximum absolute atomic E-state index is 13.7. The maximum atomic E-state index is 13.7. The number of rotatable bonds is 2. The smallest absolute Gasteiger partial charge is 0.405 e. The molecule has 0 radical (unpaired) electrons. The first kappa shape index (κ1) is 12.2. The molecule has 0 spiro atoms. The second kappa shape index (κ2) is 4.52. The first-order valence-electron chi connectivity index (χ1n) is 5.25. The van der Waals surface area contributed by atoms with E-state index in [-0.39, 0.29) is 12.0 Å². The van der Waals surface area contributed by atoms with Gasteiger partial charge in [-0.2, -0.15) is 0 Å². The molecule has 6 nitrogen and oxygen atoms in total. The van der Waals surface area contributed by atoms with Crippen molar-refractivity contribution in [2.45, 2.75) is 18.5 Å². The Morgan fingerprint density at radius 2 is 1.89 bits per heavy atom. The van der Waals surface area contributed by atoms with E-state index in [0.717, 1.165) is 0 Å². The van der Waals surface area contributed by atoms with Gasteiger partial charge in [0, 0.05) is 5.56 Å². The highest BCUT2D eigenvalue weighted by Gasteiger charge is 2.36. The monoisotopic (exact) mass is 254 g/mol. The van der Waals surface area contributed by atoms with E-state index >= 15 is 0 Å². The van der Waals surface area contributed by atoms with Crippen LogP contribution in [0.4, 0.5) is 14.0 Å². The van der Waals surface area contributed by atoms with Crippen LogP contribution in [0.1, 0.15) is 17.2 Å². The van der Waals surface area contributed by atoms with E-state index < -0.39 is 30.1 Å². The van der Waals surface area contributed by atoms with Crippen molar-refractivity contribution in [3.05, 3.63) is 35.1 Å². The zero-order valence-electron chi connectivity index (χ0n) is 9.18. The SMILES string of the molecule is O=C(O)N[C@@H]1Cc2cccc(F)c2[C@@H]1NC(=O)O. The molecule has 1 aliphatic rings. The molecule has 0 aromatic heterocycles. The number of hydrogen-bond acceptors (Lipinski definition) is 2. The van der Waals surface area contributed by atoms with Crippen molar-refractivity contribution in [2.75, 3.05) is 0 Å². The van der Waals surface area contributed by atoms with E-state index in [4.69, 9.17) is 10.2 Å². The summed E-state index contributed by atoms with van der Waals surface area (Å²) in [4.78, 5) is 21.3. The van der Waals surface area contributed by atoms with Gasteiger partial charge < -0.3 is 20.8 Å². The zero-order chi connectivity index (χ0) is 13.3. The molecular formula is C11H11FN2O4. The number of fused-ring (bicyclic) bond motifs is 1. The van der Waals surface area contributed by atoms with Gasteiger partial charge in [-0.25, -0.2) is 14.0 Å². The topological polar surface area (TPSA) is 98.7 Å². The lowest BCUT2D eigenvalue weighted by atomic mass is 10.1. The standard InChI is InChI=1S/C11H11FN2O4/c12-6-3-1-2-5-4-7(13-10(15)16)9(8(5)6)14-11(17)18/h1-3,7,9,13-14H,4H2,(H,15,16)(H,17,18)/t7-,9-/m1/s1. The Morgan fingerprint density at radius 1 is 1.22 bits per heavy atom. The molecule has 0 saturated heterocycles. The average Bonchev–Trinajstić information content (AvgIpc) is 2.56. The second-order valence-electron chi connectivity index (χ2n) is 4.00. The van der Waals surface area contributed by atoms with Gasteiger partial charge in [-0.1, -0.05) is 12.1 Å². The molecule has 2 rings (SSSR count). The lowest BCUT2D eigenvalue weighted by Gasteiger charge is -2.20. The molecule has 7 heteroatoms. The van der Waals surface area contributed by atoms with Crippen LogP contribution in [0.25, 0.3) is 0 Å². The van der Waals surface area contributed by atoms with Crippen LogP contribution in [0.3, 0.4) is 0 Å². The third kappa shape index (κ3) is 2.20. The van der Waals surface area contributed by atoms with E-state index in [1.165, 1.54) is 12.1 Å². The molecule has 2 amide bonds. The largest absolute Gasteiger partial charge is 0.465 e.